The van der Waals surface area contributed by atoms with Crippen molar-refractivity contribution in [2.45, 2.75) is 6.43 Å². The normalized spacial score (nSPS) is 10.7. The predicted octanol–water partition coefficient (Wildman–Crippen LogP) is 3.90. The molecule has 0 atom stereocenters. The lowest BCUT2D eigenvalue weighted by Crippen LogP contribution is -2.02. The van der Waals surface area contributed by atoms with Crippen molar-refractivity contribution >= 4 is 17.4 Å². The minimum Gasteiger partial charge on any atom is -0.289 e. The van der Waals surface area contributed by atoms with Crippen molar-refractivity contribution in [3.8, 4) is 0 Å². The highest BCUT2D eigenvalue weighted by atomic mass is 35.5. The number of hydrogen-bond donors (Lipinski definition) is 0. The molecule has 1 heterocycles. The molecule has 0 aliphatic rings. The number of alkyl halides is 2. The van der Waals surface area contributed by atoms with Crippen LogP contribution in [0.15, 0.2) is 42.7 Å². The third-order valence-corrected chi connectivity index (χ3v) is 2.77. The predicted molar refractivity (Wildman–Crippen MR) is 64.1 cm³/mol. The Bertz CT molecular complexity index is 572. The summed E-state index contributed by atoms with van der Waals surface area (Å²) in [7, 11) is 0. The second-order valence-corrected chi connectivity index (χ2v) is 4.01. The quantitative estimate of drug-likeness (QED) is 0.790. The first-order chi connectivity index (χ1) is 8.59. The molecule has 5 heteroatoms. The van der Waals surface area contributed by atoms with E-state index < -0.39 is 6.43 Å². The van der Waals surface area contributed by atoms with E-state index in [9.17, 15) is 13.6 Å². The van der Waals surface area contributed by atoms with Crippen molar-refractivity contribution in [3.05, 3.63) is 64.4 Å². The zero-order chi connectivity index (χ0) is 13.1. The van der Waals surface area contributed by atoms with Crippen LogP contribution in [-0.2, 0) is 0 Å². The molecule has 2 rings (SSSR count). The zero-order valence-electron chi connectivity index (χ0n) is 9.11. The molecular weight excluding hydrogens is 260 g/mol. The van der Waals surface area contributed by atoms with Crippen LogP contribution >= 0.6 is 11.6 Å². The van der Waals surface area contributed by atoms with Crippen LogP contribution in [0.2, 0.25) is 5.02 Å². The molecule has 0 saturated heterocycles. The van der Waals surface area contributed by atoms with Crippen molar-refractivity contribution in [2.75, 3.05) is 0 Å². The average molecular weight is 268 g/mol. The van der Waals surface area contributed by atoms with Crippen molar-refractivity contribution in [1.29, 1.82) is 0 Å². The number of ketones is 1. The van der Waals surface area contributed by atoms with E-state index in [1.54, 1.807) is 12.1 Å². The van der Waals surface area contributed by atoms with E-state index in [1.807, 2.05) is 0 Å². The Balaban J connectivity index is 2.36. The Hall–Kier alpha value is -1.81. The summed E-state index contributed by atoms with van der Waals surface area (Å²) in [5.74, 6) is -0.278. The number of hydrogen-bond acceptors (Lipinski definition) is 2. The summed E-state index contributed by atoms with van der Waals surface area (Å²) in [5, 5.41) is -0.107. The van der Waals surface area contributed by atoms with Gasteiger partial charge in [-0.25, -0.2) is 8.78 Å². The molecule has 2 nitrogen and oxygen atoms in total. The smallest absolute Gasteiger partial charge is 0.265 e. The van der Waals surface area contributed by atoms with Gasteiger partial charge in [0.2, 0.25) is 0 Å². The van der Waals surface area contributed by atoms with Crippen LogP contribution in [0.1, 0.15) is 27.9 Å². The Labute approximate surface area is 107 Å². The van der Waals surface area contributed by atoms with Crippen molar-refractivity contribution in [1.82, 2.24) is 4.98 Å². The summed E-state index contributed by atoms with van der Waals surface area (Å²) in [6.45, 7) is 0. The van der Waals surface area contributed by atoms with Crippen LogP contribution < -0.4 is 0 Å². The van der Waals surface area contributed by atoms with Gasteiger partial charge in [0.25, 0.3) is 6.43 Å². The van der Waals surface area contributed by atoms with Gasteiger partial charge in [-0.2, -0.15) is 0 Å². The first-order valence-electron chi connectivity index (χ1n) is 5.12. The van der Waals surface area contributed by atoms with Gasteiger partial charge in [0.15, 0.2) is 5.78 Å². The number of benzene rings is 1. The maximum absolute atomic E-state index is 12.5. The van der Waals surface area contributed by atoms with Crippen molar-refractivity contribution in [2.24, 2.45) is 0 Å². The Morgan fingerprint density at radius 3 is 2.33 bits per heavy atom. The van der Waals surface area contributed by atoms with E-state index in [4.69, 9.17) is 11.6 Å². The van der Waals surface area contributed by atoms with Gasteiger partial charge >= 0.3 is 0 Å². The summed E-state index contributed by atoms with van der Waals surface area (Å²) in [4.78, 5) is 15.8. The molecule has 18 heavy (non-hydrogen) atoms. The molecule has 1 aromatic carbocycles. The number of carbonyl (C=O) groups is 1. The number of aromatic nitrogens is 1. The van der Waals surface area contributed by atoms with Gasteiger partial charge in [-0.1, -0.05) is 23.7 Å². The molecular formula is C13H8ClF2NO. The molecule has 0 radical (unpaired) electrons. The van der Waals surface area contributed by atoms with E-state index in [-0.39, 0.29) is 21.9 Å². The van der Waals surface area contributed by atoms with E-state index in [1.165, 1.54) is 30.6 Å². The first kappa shape index (κ1) is 12.6. The van der Waals surface area contributed by atoms with Crippen molar-refractivity contribution in [3.63, 3.8) is 0 Å². The fourth-order valence-electron chi connectivity index (χ4n) is 1.52. The van der Waals surface area contributed by atoms with Crippen LogP contribution in [0, 0.1) is 0 Å². The SMILES string of the molecule is O=C(c1ccncc1)c1ccc(C(F)F)c(Cl)c1. The summed E-state index contributed by atoms with van der Waals surface area (Å²) in [6.07, 6.45) is 0.327. The number of nitrogens with zero attached hydrogens (tertiary/aromatic N) is 1. The Kier molecular flexibility index (Phi) is 3.67. The lowest BCUT2D eigenvalue weighted by Gasteiger charge is -2.05. The largest absolute Gasteiger partial charge is 0.289 e. The first-order valence-corrected chi connectivity index (χ1v) is 5.49. The zero-order valence-corrected chi connectivity index (χ0v) is 9.86. The molecule has 0 fully saturated rings. The molecule has 0 amide bonds. The topological polar surface area (TPSA) is 30.0 Å². The van der Waals surface area contributed by atoms with Crippen LogP contribution in [0.25, 0.3) is 0 Å². The summed E-state index contributed by atoms with van der Waals surface area (Å²) in [6, 6.07) is 6.87. The molecule has 0 aliphatic heterocycles. The molecule has 92 valence electrons. The molecule has 1 aromatic heterocycles. The van der Waals surface area contributed by atoms with E-state index in [0.29, 0.717) is 5.56 Å². The highest BCUT2D eigenvalue weighted by Crippen LogP contribution is 2.28. The molecule has 0 bridgehead atoms. The number of carbonyl (C=O) groups excluding carboxylic acids is 1. The molecule has 0 saturated carbocycles. The number of halogens is 3. The van der Waals surface area contributed by atoms with E-state index in [0.717, 1.165) is 0 Å². The second-order valence-electron chi connectivity index (χ2n) is 3.60. The van der Waals surface area contributed by atoms with Crippen molar-refractivity contribution < 1.29 is 13.6 Å². The minimum absolute atomic E-state index is 0.107. The Morgan fingerprint density at radius 1 is 1.11 bits per heavy atom. The monoisotopic (exact) mass is 267 g/mol. The standard InChI is InChI=1S/C13H8ClF2NO/c14-11-7-9(1-2-10(11)13(15)16)12(18)8-3-5-17-6-4-8/h1-7,13H. The maximum atomic E-state index is 12.5. The average Bonchev–Trinajstić information content (AvgIpc) is 2.38. The van der Waals surface area contributed by atoms with Gasteiger partial charge in [-0.3, -0.25) is 9.78 Å². The Morgan fingerprint density at radius 2 is 1.78 bits per heavy atom. The summed E-state index contributed by atoms with van der Waals surface area (Å²) >= 11 is 5.71. The van der Waals surface area contributed by atoms with Gasteiger partial charge in [0, 0.05) is 29.1 Å². The van der Waals surface area contributed by atoms with Gasteiger partial charge in [0.1, 0.15) is 0 Å². The third kappa shape index (κ3) is 2.54. The van der Waals surface area contributed by atoms with Gasteiger partial charge in [-0.05, 0) is 18.2 Å². The fourth-order valence-corrected chi connectivity index (χ4v) is 1.78. The van der Waals surface area contributed by atoms with Gasteiger partial charge in [-0.15, -0.1) is 0 Å². The van der Waals surface area contributed by atoms with E-state index in [2.05, 4.69) is 4.98 Å². The minimum atomic E-state index is -2.65. The fraction of sp³-hybridized carbons (Fsp3) is 0.0769. The second kappa shape index (κ2) is 5.23. The molecule has 0 unspecified atom stereocenters. The van der Waals surface area contributed by atoms with Gasteiger partial charge in [0.05, 0.1) is 5.02 Å². The molecule has 0 aliphatic carbocycles. The lowest BCUT2D eigenvalue weighted by atomic mass is 10.0. The third-order valence-electron chi connectivity index (χ3n) is 2.44. The lowest BCUT2D eigenvalue weighted by molar-refractivity contribution is 0.103. The van der Waals surface area contributed by atoms with E-state index >= 15 is 0 Å². The van der Waals surface area contributed by atoms with Crippen LogP contribution in [0.5, 0.6) is 0 Å². The van der Waals surface area contributed by atoms with Crippen LogP contribution in [0.3, 0.4) is 0 Å². The van der Waals surface area contributed by atoms with Crippen LogP contribution in [-0.4, -0.2) is 10.8 Å². The molecule has 0 spiro atoms. The van der Waals surface area contributed by atoms with Gasteiger partial charge < -0.3 is 0 Å². The molecule has 0 N–H and O–H groups in total. The maximum Gasteiger partial charge on any atom is 0.265 e. The number of rotatable bonds is 3. The number of pyridine rings is 1. The molecule has 2 aromatic rings. The van der Waals surface area contributed by atoms with Crippen LogP contribution in [0.4, 0.5) is 8.78 Å². The summed E-state index contributed by atoms with van der Waals surface area (Å²) in [5.41, 5.74) is 0.435. The highest BCUT2D eigenvalue weighted by molar-refractivity contribution is 6.32. The highest BCUT2D eigenvalue weighted by Gasteiger charge is 2.15. The summed E-state index contributed by atoms with van der Waals surface area (Å²) < 4.78 is 25.0.